The van der Waals surface area contributed by atoms with Gasteiger partial charge in [-0.15, -0.1) is 0 Å². The number of hydrogen-bond donors (Lipinski definition) is 3. The highest BCUT2D eigenvalue weighted by atomic mass is 19.1. The number of alkyl halides is 1. The predicted octanol–water partition coefficient (Wildman–Crippen LogP) is 3.58. The molecular formula is C29H32FN5O5. The number of halogens is 1. The lowest BCUT2D eigenvalue weighted by Crippen LogP contribution is -2.48. The van der Waals surface area contributed by atoms with E-state index in [1.165, 1.54) is 17.7 Å². The number of nitrogens with zero attached hydrogens (tertiary/aromatic N) is 4. The highest BCUT2D eigenvalue weighted by Gasteiger charge is 2.30. The fourth-order valence-corrected chi connectivity index (χ4v) is 5.69. The number of aliphatic hydroxyl groups excluding tert-OH is 1. The Morgan fingerprint density at radius 2 is 2.10 bits per heavy atom. The first-order valence-electron chi connectivity index (χ1n) is 13.6. The summed E-state index contributed by atoms with van der Waals surface area (Å²) in [7, 11) is 1.97. The standard InChI is InChI=1S/C29H32FN5O5/c1-33-23-11-18-7-8-34(16-20(14-30)31-29(38)39)28(37)21(18)13-22(23)32-27(33)24-12-19-3-2-4-25(40-10-9-36)26(19)35(24)15-17-5-6-17/h2-4,11-13,17,20,31,36H,5-10,14-16H2,1H3,(H,38,39). The van der Waals surface area contributed by atoms with Crippen LogP contribution in [0.4, 0.5) is 9.18 Å². The number of rotatable bonds is 10. The van der Waals surface area contributed by atoms with Crippen LogP contribution in [0.3, 0.4) is 0 Å². The number of carbonyl (C=O) groups excluding carboxylic acids is 1. The Bertz CT molecular complexity index is 1610. The first kappa shape index (κ1) is 26.1. The number of ether oxygens (including phenoxy) is 1. The van der Waals surface area contributed by atoms with Crippen LogP contribution in [0.2, 0.25) is 0 Å². The van der Waals surface area contributed by atoms with Crippen molar-refractivity contribution >= 4 is 33.9 Å². The van der Waals surface area contributed by atoms with Gasteiger partial charge in [0.05, 0.1) is 34.9 Å². The summed E-state index contributed by atoms with van der Waals surface area (Å²) in [6.07, 6.45) is 1.62. The van der Waals surface area contributed by atoms with E-state index in [1.807, 2.05) is 35.9 Å². The second-order valence-electron chi connectivity index (χ2n) is 10.6. The quantitative estimate of drug-likeness (QED) is 0.278. The maximum absolute atomic E-state index is 13.4. The maximum atomic E-state index is 13.4. The molecule has 3 N–H and O–H groups in total. The van der Waals surface area contributed by atoms with Crippen molar-refractivity contribution in [2.45, 2.75) is 31.8 Å². The van der Waals surface area contributed by atoms with Crippen LogP contribution in [0.15, 0.2) is 36.4 Å². The van der Waals surface area contributed by atoms with E-state index in [4.69, 9.17) is 14.8 Å². The molecule has 2 aromatic heterocycles. The third-order valence-corrected chi connectivity index (χ3v) is 7.83. The van der Waals surface area contributed by atoms with Crippen molar-refractivity contribution in [3.8, 4) is 17.3 Å². The van der Waals surface area contributed by atoms with Gasteiger partial charge in [-0.2, -0.15) is 0 Å². The summed E-state index contributed by atoms with van der Waals surface area (Å²) < 4.78 is 23.6. The molecule has 0 saturated heterocycles. The van der Waals surface area contributed by atoms with Gasteiger partial charge in [0, 0.05) is 37.6 Å². The molecular weight excluding hydrogens is 517 g/mol. The summed E-state index contributed by atoms with van der Waals surface area (Å²) in [5, 5.41) is 21.5. The summed E-state index contributed by atoms with van der Waals surface area (Å²) in [5.74, 6) is 1.83. The van der Waals surface area contributed by atoms with E-state index in [0.29, 0.717) is 30.0 Å². The molecule has 10 nitrogen and oxygen atoms in total. The summed E-state index contributed by atoms with van der Waals surface area (Å²) in [4.78, 5) is 30.8. The molecule has 1 aliphatic carbocycles. The monoisotopic (exact) mass is 549 g/mol. The van der Waals surface area contributed by atoms with E-state index in [9.17, 15) is 19.1 Å². The minimum Gasteiger partial charge on any atom is -0.489 e. The van der Waals surface area contributed by atoms with Gasteiger partial charge >= 0.3 is 6.09 Å². The number of aryl methyl sites for hydroxylation is 1. The molecule has 3 heterocycles. The summed E-state index contributed by atoms with van der Waals surface area (Å²) >= 11 is 0. The van der Waals surface area contributed by atoms with Crippen molar-refractivity contribution in [2.24, 2.45) is 13.0 Å². The Hall–Kier alpha value is -4.12. The highest BCUT2D eigenvalue weighted by molar-refractivity contribution is 6.01. The number of amides is 2. The van der Waals surface area contributed by atoms with Crippen LogP contribution in [0.5, 0.6) is 5.75 Å². The molecule has 2 aliphatic rings. The number of para-hydroxylation sites is 1. The molecule has 1 unspecified atom stereocenters. The zero-order valence-corrected chi connectivity index (χ0v) is 22.3. The molecule has 4 aromatic rings. The zero-order valence-electron chi connectivity index (χ0n) is 22.3. The van der Waals surface area contributed by atoms with Crippen LogP contribution < -0.4 is 10.1 Å². The largest absolute Gasteiger partial charge is 0.489 e. The number of benzene rings is 2. The molecule has 0 radical (unpaired) electrons. The number of imidazole rings is 1. The molecule has 11 heteroatoms. The van der Waals surface area contributed by atoms with E-state index in [-0.39, 0.29) is 25.7 Å². The van der Waals surface area contributed by atoms with Crippen LogP contribution in [0.25, 0.3) is 33.5 Å². The number of hydrogen-bond acceptors (Lipinski definition) is 5. The van der Waals surface area contributed by atoms with Crippen molar-refractivity contribution in [1.82, 2.24) is 24.3 Å². The van der Waals surface area contributed by atoms with Gasteiger partial charge in [-0.1, -0.05) is 12.1 Å². The van der Waals surface area contributed by atoms with Gasteiger partial charge in [0.1, 0.15) is 19.0 Å². The van der Waals surface area contributed by atoms with Crippen LogP contribution in [0.1, 0.15) is 28.8 Å². The second-order valence-corrected chi connectivity index (χ2v) is 10.6. The van der Waals surface area contributed by atoms with Crippen LogP contribution >= 0.6 is 0 Å². The zero-order chi connectivity index (χ0) is 28.0. The van der Waals surface area contributed by atoms with Gasteiger partial charge in [-0.3, -0.25) is 4.79 Å². The fraction of sp³-hybridized carbons (Fsp3) is 0.414. The third-order valence-electron chi connectivity index (χ3n) is 7.83. The van der Waals surface area contributed by atoms with Crippen molar-refractivity contribution in [3.63, 3.8) is 0 Å². The number of carbonyl (C=O) groups is 2. The molecule has 6 rings (SSSR count). The summed E-state index contributed by atoms with van der Waals surface area (Å²) in [5.41, 5.74) is 4.92. The molecule has 0 spiro atoms. The summed E-state index contributed by atoms with van der Waals surface area (Å²) in [6.45, 7) is 0.437. The van der Waals surface area contributed by atoms with Gasteiger partial charge in [-0.05, 0) is 55.0 Å². The van der Waals surface area contributed by atoms with Crippen molar-refractivity contribution in [3.05, 3.63) is 47.5 Å². The Morgan fingerprint density at radius 3 is 2.83 bits per heavy atom. The van der Waals surface area contributed by atoms with Crippen molar-refractivity contribution in [2.75, 3.05) is 33.0 Å². The number of aromatic nitrogens is 3. The number of fused-ring (bicyclic) bond motifs is 3. The smallest absolute Gasteiger partial charge is 0.405 e. The van der Waals surface area contributed by atoms with Crippen molar-refractivity contribution < 1.29 is 28.9 Å². The van der Waals surface area contributed by atoms with Gasteiger partial charge in [-0.25, -0.2) is 14.2 Å². The molecule has 1 aliphatic heterocycles. The van der Waals surface area contributed by atoms with Crippen LogP contribution in [0, 0.1) is 5.92 Å². The fourth-order valence-electron chi connectivity index (χ4n) is 5.69. The van der Waals surface area contributed by atoms with Gasteiger partial charge in [0.2, 0.25) is 0 Å². The van der Waals surface area contributed by atoms with Gasteiger partial charge in [0.15, 0.2) is 5.82 Å². The Morgan fingerprint density at radius 1 is 1.27 bits per heavy atom. The molecule has 1 atom stereocenters. The lowest BCUT2D eigenvalue weighted by molar-refractivity contribution is 0.0714. The number of nitrogens with one attached hydrogen (secondary N) is 1. The SMILES string of the molecule is Cn1c(-c2cc3cccc(OCCO)c3n2CC2CC2)nc2cc3c(cc21)CCN(CC(CF)NC(=O)O)C3=O. The average Bonchev–Trinajstić information content (AvgIpc) is 3.61. The first-order valence-corrected chi connectivity index (χ1v) is 13.6. The number of aliphatic hydroxyl groups is 1. The van der Waals surface area contributed by atoms with E-state index in [0.717, 1.165) is 45.8 Å². The maximum Gasteiger partial charge on any atom is 0.405 e. The van der Waals surface area contributed by atoms with Crippen LogP contribution in [-0.4, -0.2) is 80.3 Å². The Labute approximate surface area is 230 Å². The molecule has 210 valence electrons. The lowest BCUT2D eigenvalue weighted by Gasteiger charge is -2.31. The first-order chi connectivity index (χ1) is 19.4. The van der Waals surface area contributed by atoms with Crippen molar-refractivity contribution in [1.29, 1.82) is 0 Å². The van der Waals surface area contributed by atoms with E-state index in [2.05, 4.69) is 16.0 Å². The Balaban J connectivity index is 1.40. The molecule has 0 bridgehead atoms. The minimum absolute atomic E-state index is 0.0332. The summed E-state index contributed by atoms with van der Waals surface area (Å²) in [6, 6.07) is 10.8. The molecule has 2 amide bonds. The molecule has 1 saturated carbocycles. The van der Waals surface area contributed by atoms with E-state index < -0.39 is 18.8 Å². The molecule has 1 fully saturated rings. The predicted molar refractivity (Wildman–Crippen MR) is 147 cm³/mol. The van der Waals surface area contributed by atoms with Gasteiger partial charge in [0.25, 0.3) is 5.91 Å². The Kier molecular flexibility index (Phi) is 6.83. The van der Waals surface area contributed by atoms with E-state index >= 15 is 0 Å². The molecule has 40 heavy (non-hydrogen) atoms. The van der Waals surface area contributed by atoms with Gasteiger partial charge < -0.3 is 34.3 Å². The highest BCUT2D eigenvalue weighted by Crippen LogP contribution is 2.39. The number of carboxylic acid groups (broad SMARTS) is 1. The normalized spacial score (nSPS) is 16.0. The topological polar surface area (TPSA) is 122 Å². The molecule has 2 aromatic carbocycles. The minimum atomic E-state index is -1.32. The second kappa shape index (κ2) is 10.5. The third kappa shape index (κ3) is 4.74. The average molecular weight is 550 g/mol. The van der Waals surface area contributed by atoms with Crippen LogP contribution in [-0.2, 0) is 20.0 Å². The van der Waals surface area contributed by atoms with E-state index in [1.54, 1.807) is 6.07 Å². The lowest BCUT2D eigenvalue weighted by atomic mass is 9.97.